The lowest BCUT2D eigenvalue weighted by atomic mass is 10.1. The fraction of sp³-hybridized carbons (Fsp3) is 0.353. The third-order valence-electron chi connectivity index (χ3n) is 2.97. The SMILES string of the molecule is CC.COc1nc(C(C)C)c(Oc2cnc(N)nc2N)cc1C#CSI. The molecule has 0 saturated carbocycles. The predicted molar refractivity (Wildman–Crippen MR) is 116 cm³/mol. The molecule has 0 aliphatic carbocycles. The number of pyridine rings is 1. The molecule has 0 saturated heterocycles. The van der Waals surface area contributed by atoms with E-state index in [1.807, 2.05) is 27.7 Å². The summed E-state index contributed by atoms with van der Waals surface area (Å²) in [6.45, 7) is 8.01. The zero-order chi connectivity index (χ0) is 19.7. The summed E-state index contributed by atoms with van der Waals surface area (Å²) >= 11 is 2.10. The third-order valence-corrected chi connectivity index (χ3v) is 3.81. The maximum Gasteiger partial charge on any atom is 0.229 e. The molecule has 0 spiro atoms. The van der Waals surface area contributed by atoms with Gasteiger partial charge in [-0.05, 0) is 26.0 Å². The van der Waals surface area contributed by atoms with E-state index in [1.165, 1.54) is 15.1 Å². The molecule has 4 N–H and O–H groups in total. The average Bonchev–Trinajstić information content (AvgIpc) is 2.63. The molecule has 0 radical (unpaired) electrons. The first-order chi connectivity index (χ1) is 12.5. The van der Waals surface area contributed by atoms with Gasteiger partial charge < -0.3 is 20.9 Å². The van der Waals surface area contributed by atoms with Gasteiger partial charge in [-0.1, -0.05) is 27.7 Å². The minimum atomic E-state index is 0.0856. The average molecular weight is 487 g/mol. The molecule has 2 heterocycles. The number of ether oxygens (including phenoxy) is 2. The van der Waals surface area contributed by atoms with Crippen molar-refractivity contribution in [2.75, 3.05) is 18.6 Å². The van der Waals surface area contributed by atoms with E-state index in [9.17, 15) is 0 Å². The summed E-state index contributed by atoms with van der Waals surface area (Å²) < 4.78 is 11.2. The Morgan fingerprint density at radius 1 is 1.19 bits per heavy atom. The van der Waals surface area contributed by atoms with Crippen LogP contribution in [0.2, 0.25) is 0 Å². The minimum Gasteiger partial charge on any atom is -0.480 e. The molecule has 0 amide bonds. The molecule has 0 unspecified atom stereocenters. The topological polar surface area (TPSA) is 109 Å². The van der Waals surface area contributed by atoms with Gasteiger partial charge in [0.1, 0.15) is 0 Å². The number of nitrogen functional groups attached to an aromatic ring is 2. The number of nitrogens with two attached hydrogens (primary N) is 2. The molecule has 9 heteroatoms. The molecular formula is C17H22IN5O2S. The smallest absolute Gasteiger partial charge is 0.229 e. The first-order valence-corrected chi connectivity index (χ1v) is 11.3. The van der Waals surface area contributed by atoms with Crippen molar-refractivity contribution in [2.24, 2.45) is 0 Å². The molecule has 7 nitrogen and oxygen atoms in total. The molecule has 0 bridgehead atoms. The monoisotopic (exact) mass is 487 g/mol. The first kappa shape index (κ1) is 22.1. The second-order valence-corrected chi connectivity index (χ2v) is 6.65. The van der Waals surface area contributed by atoms with Gasteiger partial charge in [0.05, 0.1) is 24.6 Å². The summed E-state index contributed by atoms with van der Waals surface area (Å²) in [5, 5.41) is 2.91. The molecular weight excluding hydrogens is 465 g/mol. The fourth-order valence-electron chi connectivity index (χ4n) is 1.90. The summed E-state index contributed by atoms with van der Waals surface area (Å²) in [6.07, 6.45) is 1.43. The van der Waals surface area contributed by atoms with E-state index in [-0.39, 0.29) is 17.7 Å². The summed E-state index contributed by atoms with van der Waals surface area (Å²) in [5.41, 5.74) is 12.7. The lowest BCUT2D eigenvalue weighted by molar-refractivity contribution is 0.389. The number of hydrogen-bond donors (Lipinski definition) is 2. The van der Waals surface area contributed by atoms with Crippen LogP contribution in [-0.2, 0) is 0 Å². The van der Waals surface area contributed by atoms with Crippen LogP contribution in [0.25, 0.3) is 0 Å². The molecule has 140 valence electrons. The van der Waals surface area contributed by atoms with Crippen LogP contribution in [0.1, 0.15) is 44.9 Å². The highest BCUT2D eigenvalue weighted by molar-refractivity contribution is 14.2. The summed E-state index contributed by atoms with van der Waals surface area (Å²) in [6, 6.07) is 1.77. The molecule has 2 aromatic rings. The number of aromatic nitrogens is 3. The van der Waals surface area contributed by atoms with Crippen LogP contribution in [0.3, 0.4) is 0 Å². The maximum atomic E-state index is 5.88. The van der Waals surface area contributed by atoms with Crippen LogP contribution in [-0.4, -0.2) is 22.1 Å². The third kappa shape index (κ3) is 5.81. The van der Waals surface area contributed by atoms with Crippen LogP contribution < -0.4 is 20.9 Å². The van der Waals surface area contributed by atoms with Gasteiger partial charge >= 0.3 is 0 Å². The molecule has 0 aromatic carbocycles. The largest absolute Gasteiger partial charge is 0.480 e. The van der Waals surface area contributed by atoms with Crippen LogP contribution >= 0.6 is 30.1 Å². The van der Waals surface area contributed by atoms with Crippen LogP contribution in [0.15, 0.2) is 12.3 Å². The lowest BCUT2D eigenvalue weighted by Gasteiger charge is -2.15. The van der Waals surface area contributed by atoms with Gasteiger partial charge in [0, 0.05) is 27.3 Å². The Labute approximate surface area is 170 Å². The summed E-state index contributed by atoms with van der Waals surface area (Å²) in [4.78, 5) is 12.3. The van der Waals surface area contributed by atoms with E-state index < -0.39 is 0 Å². The number of methoxy groups -OCH3 is 1. The Morgan fingerprint density at radius 2 is 1.88 bits per heavy atom. The lowest BCUT2D eigenvalue weighted by Crippen LogP contribution is -2.05. The Morgan fingerprint density at radius 3 is 2.42 bits per heavy atom. The Balaban J connectivity index is 0.00000163. The number of rotatable bonds is 4. The van der Waals surface area contributed by atoms with Gasteiger partial charge in [-0.15, -0.1) is 0 Å². The highest BCUT2D eigenvalue weighted by Gasteiger charge is 2.17. The van der Waals surface area contributed by atoms with Crippen molar-refractivity contribution >= 4 is 41.9 Å². The van der Waals surface area contributed by atoms with Crippen molar-refractivity contribution in [3.63, 3.8) is 0 Å². The van der Waals surface area contributed by atoms with Gasteiger partial charge in [-0.3, -0.25) is 0 Å². The van der Waals surface area contributed by atoms with E-state index in [2.05, 4.69) is 47.3 Å². The molecule has 0 aliphatic rings. The first-order valence-electron chi connectivity index (χ1n) is 7.89. The molecule has 2 aromatic heterocycles. The number of halogens is 1. The van der Waals surface area contributed by atoms with Crippen molar-refractivity contribution < 1.29 is 9.47 Å². The van der Waals surface area contributed by atoms with E-state index in [0.717, 1.165) is 5.69 Å². The van der Waals surface area contributed by atoms with Crippen molar-refractivity contribution in [2.45, 2.75) is 33.6 Å². The van der Waals surface area contributed by atoms with Crippen LogP contribution in [0.4, 0.5) is 11.8 Å². The van der Waals surface area contributed by atoms with Crippen molar-refractivity contribution in [1.82, 2.24) is 15.0 Å². The van der Waals surface area contributed by atoms with Gasteiger partial charge in [-0.25, -0.2) is 9.97 Å². The van der Waals surface area contributed by atoms with E-state index in [0.29, 0.717) is 22.9 Å². The van der Waals surface area contributed by atoms with E-state index in [1.54, 1.807) is 13.2 Å². The second kappa shape index (κ2) is 10.9. The van der Waals surface area contributed by atoms with Crippen molar-refractivity contribution in [3.8, 4) is 28.6 Å². The Hall–Kier alpha value is -1.93. The molecule has 0 aliphatic heterocycles. The highest BCUT2D eigenvalue weighted by atomic mass is 127. The zero-order valence-electron chi connectivity index (χ0n) is 15.3. The predicted octanol–water partition coefficient (Wildman–Crippen LogP) is 4.38. The van der Waals surface area contributed by atoms with Crippen molar-refractivity contribution in [3.05, 3.63) is 23.5 Å². The van der Waals surface area contributed by atoms with Crippen LogP contribution in [0.5, 0.6) is 17.4 Å². The van der Waals surface area contributed by atoms with Gasteiger partial charge in [0.2, 0.25) is 11.8 Å². The van der Waals surface area contributed by atoms with E-state index >= 15 is 0 Å². The van der Waals surface area contributed by atoms with E-state index in [4.69, 9.17) is 20.9 Å². The van der Waals surface area contributed by atoms with Crippen molar-refractivity contribution in [1.29, 1.82) is 0 Å². The molecule has 2 rings (SSSR count). The summed E-state index contributed by atoms with van der Waals surface area (Å²) in [7, 11) is 2.93. The highest BCUT2D eigenvalue weighted by Crippen LogP contribution is 2.34. The quantitative estimate of drug-likeness (QED) is 0.483. The maximum absolute atomic E-state index is 5.88. The molecule has 0 atom stereocenters. The standard InChI is InChI=1S/C15H16IN5O2S.C2H6/c1-8(2)12-10(23-11-7-19-15(18)21-13(11)17)6-9(4-5-24-16)14(20-12)22-3;1-2/h6-8H,1-3H3,(H4,17,18,19,21);1-2H3. The molecule has 0 fully saturated rings. The normalized spacial score (nSPS) is 9.65. The molecule has 26 heavy (non-hydrogen) atoms. The van der Waals surface area contributed by atoms with Gasteiger partial charge in [-0.2, -0.15) is 4.98 Å². The second-order valence-electron chi connectivity index (χ2n) is 4.97. The van der Waals surface area contributed by atoms with Gasteiger partial charge in [0.15, 0.2) is 17.3 Å². The Kier molecular flexibility index (Phi) is 9.29. The van der Waals surface area contributed by atoms with Gasteiger partial charge in [0.25, 0.3) is 0 Å². The Bertz CT molecular complexity index is 806. The fourth-order valence-corrected chi connectivity index (χ4v) is 2.38. The summed E-state index contributed by atoms with van der Waals surface area (Å²) in [5.74, 6) is 4.61. The zero-order valence-corrected chi connectivity index (χ0v) is 18.3. The van der Waals surface area contributed by atoms with Crippen LogP contribution in [0, 0.1) is 11.2 Å². The minimum absolute atomic E-state index is 0.0856. The number of hydrogen-bond acceptors (Lipinski definition) is 8. The number of nitrogens with zero attached hydrogens (tertiary/aromatic N) is 3. The number of anilines is 2.